The van der Waals surface area contributed by atoms with Crippen LogP contribution < -0.4 is 5.32 Å². The van der Waals surface area contributed by atoms with Gasteiger partial charge in [0.05, 0.1) is 6.10 Å². The van der Waals surface area contributed by atoms with Crippen molar-refractivity contribution in [3.05, 3.63) is 52.5 Å². The van der Waals surface area contributed by atoms with Crippen LogP contribution in [0, 0.1) is 0 Å². The molecule has 3 nitrogen and oxygen atoms in total. The number of thiophene rings is 1. The number of hydrogen-bond donors (Lipinski definition) is 2. The maximum Gasteiger partial charge on any atom is 0.0894 e. The first-order valence-corrected chi connectivity index (χ1v) is 6.55. The molecule has 0 amide bonds. The van der Waals surface area contributed by atoms with Crippen LogP contribution in [-0.4, -0.2) is 16.6 Å². The van der Waals surface area contributed by atoms with Crippen molar-refractivity contribution >= 4 is 11.3 Å². The second-order valence-electron chi connectivity index (χ2n) is 3.86. The molecule has 0 saturated carbocycles. The van der Waals surface area contributed by atoms with Crippen molar-refractivity contribution in [3.8, 4) is 0 Å². The second kappa shape index (κ2) is 6.49. The summed E-state index contributed by atoms with van der Waals surface area (Å²) in [5, 5.41) is 15.2. The Hall–Kier alpha value is -1.23. The molecule has 0 aromatic carbocycles. The van der Waals surface area contributed by atoms with Gasteiger partial charge in [0.1, 0.15) is 0 Å². The first-order chi connectivity index (χ1) is 8.36. The van der Waals surface area contributed by atoms with E-state index >= 15 is 0 Å². The van der Waals surface area contributed by atoms with Gasteiger partial charge in [0.15, 0.2) is 0 Å². The fraction of sp³-hybridized carbons (Fsp3) is 0.308. The fourth-order valence-electron chi connectivity index (χ4n) is 1.60. The molecule has 1 unspecified atom stereocenters. The van der Waals surface area contributed by atoms with Gasteiger partial charge in [-0.3, -0.25) is 4.98 Å². The maximum atomic E-state index is 9.86. The number of hydrogen-bond acceptors (Lipinski definition) is 4. The molecule has 2 aromatic rings. The molecule has 0 radical (unpaired) electrons. The van der Waals surface area contributed by atoms with Gasteiger partial charge in [-0.2, -0.15) is 0 Å². The van der Waals surface area contributed by atoms with E-state index < -0.39 is 0 Å². The van der Waals surface area contributed by atoms with E-state index in [9.17, 15) is 5.11 Å². The number of aliphatic hydroxyl groups excluding tert-OH is 1. The quantitative estimate of drug-likeness (QED) is 0.771. The number of aromatic nitrogens is 1. The van der Waals surface area contributed by atoms with Crippen molar-refractivity contribution in [1.29, 1.82) is 0 Å². The lowest BCUT2D eigenvalue weighted by Crippen LogP contribution is -2.17. The third-order valence-electron chi connectivity index (χ3n) is 2.52. The van der Waals surface area contributed by atoms with E-state index in [1.54, 1.807) is 17.5 Å². The summed E-state index contributed by atoms with van der Waals surface area (Å²) in [5.74, 6) is 0. The third kappa shape index (κ3) is 3.93. The van der Waals surface area contributed by atoms with Crippen LogP contribution in [0.1, 0.15) is 23.0 Å². The van der Waals surface area contributed by atoms with Gasteiger partial charge in [-0.15, -0.1) is 11.3 Å². The molecular formula is C13H16N2OS. The highest BCUT2D eigenvalue weighted by Crippen LogP contribution is 2.20. The summed E-state index contributed by atoms with van der Waals surface area (Å²) < 4.78 is 0. The van der Waals surface area contributed by atoms with E-state index in [0.29, 0.717) is 0 Å². The van der Waals surface area contributed by atoms with Gasteiger partial charge in [0.2, 0.25) is 0 Å². The minimum Gasteiger partial charge on any atom is -0.388 e. The third-order valence-corrected chi connectivity index (χ3v) is 3.49. The molecular weight excluding hydrogens is 232 g/mol. The highest BCUT2D eigenvalue weighted by molar-refractivity contribution is 7.10. The predicted molar refractivity (Wildman–Crippen MR) is 69.8 cm³/mol. The molecule has 0 saturated heterocycles. The van der Waals surface area contributed by atoms with E-state index in [2.05, 4.69) is 10.3 Å². The summed E-state index contributed by atoms with van der Waals surface area (Å²) in [6.07, 6.45) is 4.00. The number of aliphatic hydroxyl groups is 1. The summed E-state index contributed by atoms with van der Waals surface area (Å²) in [5.41, 5.74) is 1.16. The van der Waals surface area contributed by atoms with Crippen LogP contribution in [0.4, 0.5) is 0 Å². The molecule has 2 N–H and O–H groups in total. The molecule has 0 aliphatic carbocycles. The average Bonchev–Trinajstić information content (AvgIpc) is 2.89. The average molecular weight is 248 g/mol. The zero-order chi connectivity index (χ0) is 11.9. The van der Waals surface area contributed by atoms with Crippen LogP contribution in [0.3, 0.4) is 0 Å². The Morgan fingerprint density at radius 3 is 3.00 bits per heavy atom. The lowest BCUT2D eigenvalue weighted by atomic mass is 10.2. The standard InChI is InChI=1S/C13H16N2OS/c16-12(13-4-2-8-17-13)5-7-15-10-11-3-1-6-14-9-11/h1-4,6,8-9,12,15-16H,5,7,10H2. The Balaban J connectivity index is 1.67. The Morgan fingerprint density at radius 2 is 2.29 bits per heavy atom. The highest BCUT2D eigenvalue weighted by Gasteiger charge is 2.07. The maximum absolute atomic E-state index is 9.86. The first-order valence-electron chi connectivity index (χ1n) is 5.67. The molecule has 0 fully saturated rings. The van der Waals surface area contributed by atoms with E-state index in [1.165, 1.54) is 0 Å². The molecule has 90 valence electrons. The van der Waals surface area contributed by atoms with E-state index in [4.69, 9.17) is 0 Å². The normalized spacial score (nSPS) is 12.5. The van der Waals surface area contributed by atoms with E-state index in [0.717, 1.165) is 30.0 Å². The Kier molecular flexibility index (Phi) is 4.67. The minimum absolute atomic E-state index is 0.351. The summed E-state index contributed by atoms with van der Waals surface area (Å²) in [4.78, 5) is 5.09. The molecule has 0 aliphatic heterocycles. The molecule has 2 aromatic heterocycles. The summed E-state index contributed by atoms with van der Waals surface area (Å²) >= 11 is 1.60. The van der Waals surface area contributed by atoms with Gasteiger partial charge < -0.3 is 10.4 Å². The smallest absolute Gasteiger partial charge is 0.0894 e. The van der Waals surface area contributed by atoms with Gasteiger partial charge in [0, 0.05) is 23.8 Å². The Morgan fingerprint density at radius 1 is 1.35 bits per heavy atom. The lowest BCUT2D eigenvalue weighted by molar-refractivity contribution is 0.170. The summed E-state index contributed by atoms with van der Waals surface area (Å²) in [6, 6.07) is 7.90. The lowest BCUT2D eigenvalue weighted by Gasteiger charge is -2.09. The second-order valence-corrected chi connectivity index (χ2v) is 4.84. The van der Waals surface area contributed by atoms with Crippen LogP contribution in [0.5, 0.6) is 0 Å². The molecule has 2 heterocycles. The van der Waals surface area contributed by atoms with Gasteiger partial charge >= 0.3 is 0 Å². The predicted octanol–water partition coefficient (Wildman–Crippen LogP) is 2.36. The number of nitrogens with zero attached hydrogens (tertiary/aromatic N) is 1. The molecule has 0 bridgehead atoms. The minimum atomic E-state index is -0.351. The summed E-state index contributed by atoms with van der Waals surface area (Å²) in [6.45, 7) is 1.60. The zero-order valence-electron chi connectivity index (χ0n) is 9.54. The van der Waals surface area contributed by atoms with Crippen LogP contribution in [-0.2, 0) is 6.54 Å². The van der Waals surface area contributed by atoms with Crippen LogP contribution in [0.2, 0.25) is 0 Å². The van der Waals surface area contributed by atoms with Gasteiger partial charge in [-0.05, 0) is 36.0 Å². The van der Waals surface area contributed by atoms with Gasteiger partial charge in [0.25, 0.3) is 0 Å². The van der Waals surface area contributed by atoms with Crippen LogP contribution in [0.25, 0.3) is 0 Å². The first kappa shape index (κ1) is 12.2. The Bertz CT molecular complexity index is 416. The SMILES string of the molecule is OC(CCNCc1cccnc1)c1cccs1. The van der Waals surface area contributed by atoms with Crippen molar-refractivity contribution < 1.29 is 5.11 Å². The molecule has 1 atom stereocenters. The van der Waals surface area contributed by atoms with Crippen molar-refractivity contribution in [3.63, 3.8) is 0 Å². The number of nitrogens with one attached hydrogen (secondary N) is 1. The van der Waals surface area contributed by atoms with Crippen molar-refractivity contribution in [2.24, 2.45) is 0 Å². The van der Waals surface area contributed by atoms with Crippen molar-refractivity contribution in [2.75, 3.05) is 6.54 Å². The molecule has 4 heteroatoms. The van der Waals surface area contributed by atoms with E-state index in [1.807, 2.05) is 35.8 Å². The van der Waals surface area contributed by atoms with Gasteiger partial charge in [-0.1, -0.05) is 12.1 Å². The van der Waals surface area contributed by atoms with Crippen molar-refractivity contribution in [1.82, 2.24) is 10.3 Å². The van der Waals surface area contributed by atoms with Crippen LogP contribution in [0.15, 0.2) is 42.0 Å². The van der Waals surface area contributed by atoms with E-state index in [-0.39, 0.29) is 6.10 Å². The molecule has 0 spiro atoms. The number of rotatable bonds is 6. The molecule has 17 heavy (non-hydrogen) atoms. The van der Waals surface area contributed by atoms with Crippen LogP contribution >= 0.6 is 11.3 Å². The topological polar surface area (TPSA) is 45.1 Å². The largest absolute Gasteiger partial charge is 0.388 e. The van der Waals surface area contributed by atoms with Crippen molar-refractivity contribution in [2.45, 2.75) is 19.1 Å². The fourth-order valence-corrected chi connectivity index (χ4v) is 2.34. The Labute approximate surface area is 105 Å². The highest BCUT2D eigenvalue weighted by atomic mass is 32.1. The van der Waals surface area contributed by atoms with Gasteiger partial charge in [-0.25, -0.2) is 0 Å². The molecule has 0 aliphatic rings. The zero-order valence-corrected chi connectivity index (χ0v) is 10.4. The molecule has 2 rings (SSSR count). The monoisotopic (exact) mass is 248 g/mol. The number of pyridine rings is 1. The summed E-state index contributed by atoms with van der Waals surface area (Å²) in [7, 11) is 0.